The molecule has 0 aromatic heterocycles. The van der Waals surface area contributed by atoms with Crippen LogP contribution in [0.5, 0.6) is 0 Å². The third-order valence-corrected chi connectivity index (χ3v) is 7.47. The number of hydrazine groups is 1. The van der Waals surface area contributed by atoms with Gasteiger partial charge in [-0.2, -0.15) is 0 Å². The molecular weight excluding hydrogens is 448 g/mol. The predicted octanol–water partition coefficient (Wildman–Crippen LogP) is 3.80. The zero-order valence-corrected chi connectivity index (χ0v) is 21.8. The number of benzene rings is 3. The smallest absolute Gasteiger partial charge is 0.263 e. The molecule has 1 aliphatic rings. The zero-order valence-electron chi connectivity index (χ0n) is 21.8. The Balaban J connectivity index is 1.55. The van der Waals surface area contributed by atoms with Gasteiger partial charge in [0.25, 0.3) is 5.91 Å². The van der Waals surface area contributed by atoms with E-state index in [1.54, 1.807) is 36.1 Å². The molecule has 0 heterocycles. The van der Waals surface area contributed by atoms with Gasteiger partial charge in [0.2, 0.25) is 5.91 Å². The third kappa shape index (κ3) is 4.92. The van der Waals surface area contributed by atoms with Gasteiger partial charge in [0.05, 0.1) is 6.04 Å². The van der Waals surface area contributed by atoms with E-state index in [4.69, 9.17) is 0 Å². The van der Waals surface area contributed by atoms with Crippen LogP contribution in [0.2, 0.25) is 0 Å². The standard InChI is InChI=1S/C30H36N4O2/c1-31-27(20-22-16-18-24(19-17-22)23-12-8-6-9-13-23)28(35)33(4)30(29(36)34(5)32(2)3)21-26(30)25-14-10-7-11-15-25/h6-19,26-27,31H,20-21H2,1-5H3/t26?,27-,30?/m1/s1. The molecule has 1 aliphatic carbocycles. The molecule has 0 bridgehead atoms. The molecule has 3 aromatic rings. The summed E-state index contributed by atoms with van der Waals surface area (Å²) in [5.41, 5.74) is 3.55. The van der Waals surface area contributed by atoms with Crippen LogP contribution in [0.3, 0.4) is 0 Å². The Hall–Kier alpha value is -3.48. The molecule has 0 spiro atoms. The maximum absolute atomic E-state index is 13.8. The largest absolute Gasteiger partial charge is 0.329 e. The summed E-state index contributed by atoms with van der Waals surface area (Å²) >= 11 is 0. The second-order valence-corrected chi connectivity index (χ2v) is 9.77. The highest BCUT2D eigenvalue weighted by molar-refractivity contribution is 5.97. The van der Waals surface area contributed by atoms with E-state index >= 15 is 0 Å². The Morgan fingerprint density at radius 3 is 1.97 bits per heavy atom. The van der Waals surface area contributed by atoms with Gasteiger partial charge in [-0.1, -0.05) is 84.9 Å². The molecule has 1 N–H and O–H groups in total. The van der Waals surface area contributed by atoms with Crippen LogP contribution in [0.1, 0.15) is 23.5 Å². The minimum atomic E-state index is -0.899. The Bertz CT molecular complexity index is 1180. The SMILES string of the molecule is CN[C@H](Cc1ccc(-c2ccccc2)cc1)C(=O)N(C)C1(C(=O)N(C)N(C)C)CC1c1ccccc1. The van der Waals surface area contributed by atoms with Crippen LogP contribution in [0.4, 0.5) is 0 Å². The van der Waals surface area contributed by atoms with Crippen molar-refractivity contribution < 1.29 is 9.59 Å². The van der Waals surface area contributed by atoms with Crippen LogP contribution in [0, 0.1) is 0 Å². The highest BCUT2D eigenvalue weighted by Gasteiger charge is 2.66. The van der Waals surface area contributed by atoms with Crippen molar-refractivity contribution in [3.05, 3.63) is 96.1 Å². The van der Waals surface area contributed by atoms with Crippen molar-refractivity contribution in [2.45, 2.75) is 30.3 Å². The topological polar surface area (TPSA) is 55.9 Å². The second kappa shape index (κ2) is 10.6. The van der Waals surface area contributed by atoms with Crippen LogP contribution in [-0.4, -0.2) is 73.6 Å². The molecule has 2 unspecified atom stereocenters. The van der Waals surface area contributed by atoms with E-state index in [1.807, 2.05) is 62.6 Å². The lowest BCUT2D eigenvalue weighted by Crippen LogP contribution is -2.58. The van der Waals surface area contributed by atoms with E-state index < -0.39 is 11.6 Å². The van der Waals surface area contributed by atoms with E-state index in [2.05, 4.69) is 41.7 Å². The van der Waals surface area contributed by atoms with E-state index in [0.29, 0.717) is 12.8 Å². The number of nitrogens with zero attached hydrogens (tertiary/aromatic N) is 3. The first kappa shape index (κ1) is 25.6. The van der Waals surface area contributed by atoms with Crippen molar-refractivity contribution in [3.63, 3.8) is 0 Å². The monoisotopic (exact) mass is 484 g/mol. The number of amides is 2. The van der Waals surface area contributed by atoms with Gasteiger partial charge in [0, 0.05) is 34.1 Å². The van der Waals surface area contributed by atoms with Crippen molar-refractivity contribution in [1.29, 1.82) is 0 Å². The molecule has 0 aliphatic heterocycles. The van der Waals surface area contributed by atoms with Gasteiger partial charge in [0.15, 0.2) is 0 Å². The second-order valence-electron chi connectivity index (χ2n) is 9.77. The van der Waals surface area contributed by atoms with E-state index in [0.717, 1.165) is 22.3 Å². The van der Waals surface area contributed by atoms with Gasteiger partial charge in [-0.05, 0) is 42.1 Å². The van der Waals surface area contributed by atoms with Crippen LogP contribution in [-0.2, 0) is 16.0 Å². The molecule has 0 saturated heterocycles. The fraction of sp³-hybridized carbons (Fsp3) is 0.333. The van der Waals surface area contributed by atoms with Crippen molar-refractivity contribution in [1.82, 2.24) is 20.2 Å². The summed E-state index contributed by atoms with van der Waals surface area (Å²) in [6.07, 6.45) is 1.15. The summed E-state index contributed by atoms with van der Waals surface area (Å²) in [7, 11) is 9.00. The number of nitrogens with one attached hydrogen (secondary N) is 1. The van der Waals surface area contributed by atoms with Crippen molar-refractivity contribution in [2.75, 3.05) is 35.2 Å². The van der Waals surface area contributed by atoms with Crippen molar-refractivity contribution in [2.24, 2.45) is 0 Å². The molecule has 3 atom stereocenters. The number of carbonyl (C=O) groups is 2. The number of hydrogen-bond acceptors (Lipinski definition) is 4. The van der Waals surface area contributed by atoms with Crippen LogP contribution in [0.25, 0.3) is 11.1 Å². The highest BCUT2D eigenvalue weighted by Crippen LogP contribution is 2.56. The lowest BCUT2D eigenvalue weighted by atomic mass is 9.99. The summed E-state index contributed by atoms with van der Waals surface area (Å²) in [6, 6.07) is 28.1. The number of hydrogen-bond donors (Lipinski definition) is 1. The normalized spacial score (nSPS) is 19.6. The Morgan fingerprint density at radius 1 is 0.861 bits per heavy atom. The number of likely N-dealkylation sites (N-methyl/N-ethyl adjacent to an activating group) is 3. The fourth-order valence-corrected chi connectivity index (χ4v) is 4.99. The maximum Gasteiger partial charge on any atom is 0.263 e. The Labute approximate surface area is 214 Å². The molecule has 188 valence electrons. The van der Waals surface area contributed by atoms with Gasteiger partial charge in [-0.3, -0.25) is 14.6 Å². The zero-order chi connectivity index (χ0) is 25.9. The summed E-state index contributed by atoms with van der Waals surface area (Å²) in [5.74, 6) is -0.187. The molecule has 0 radical (unpaired) electrons. The van der Waals surface area contributed by atoms with Gasteiger partial charge < -0.3 is 10.2 Å². The van der Waals surface area contributed by atoms with Crippen LogP contribution in [0.15, 0.2) is 84.9 Å². The summed E-state index contributed by atoms with van der Waals surface area (Å²) in [5, 5.41) is 6.55. The third-order valence-electron chi connectivity index (χ3n) is 7.47. The fourth-order valence-electron chi connectivity index (χ4n) is 4.99. The molecule has 4 rings (SSSR count). The minimum Gasteiger partial charge on any atom is -0.329 e. The molecule has 36 heavy (non-hydrogen) atoms. The van der Waals surface area contributed by atoms with E-state index in [1.165, 1.54) is 0 Å². The molecular formula is C30H36N4O2. The van der Waals surface area contributed by atoms with Crippen LogP contribution >= 0.6 is 0 Å². The minimum absolute atomic E-state index is 0.0368. The first-order chi connectivity index (χ1) is 17.3. The molecule has 1 fully saturated rings. The number of rotatable bonds is 9. The quantitative estimate of drug-likeness (QED) is 0.470. The van der Waals surface area contributed by atoms with Gasteiger partial charge in [-0.25, -0.2) is 5.01 Å². The van der Waals surface area contributed by atoms with Gasteiger partial charge in [-0.15, -0.1) is 0 Å². The van der Waals surface area contributed by atoms with Crippen molar-refractivity contribution in [3.8, 4) is 11.1 Å². The molecule has 3 aromatic carbocycles. The lowest BCUT2D eigenvalue weighted by Gasteiger charge is -2.36. The summed E-state index contributed by atoms with van der Waals surface area (Å²) in [6.45, 7) is 0. The lowest BCUT2D eigenvalue weighted by molar-refractivity contribution is -0.155. The first-order valence-corrected chi connectivity index (χ1v) is 12.4. The average molecular weight is 485 g/mol. The molecule has 6 nitrogen and oxygen atoms in total. The molecule has 2 amide bonds. The summed E-state index contributed by atoms with van der Waals surface area (Å²) in [4.78, 5) is 29.2. The first-order valence-electron chi connectivity index (χ1n) is 12.4. The Morgan fingerprint density at radius 2 is 1.42 bits per heavy atom. The van der Waals surface area contributed by atoms with E-state index in [9.17, 15) is 9.59 Å². The van der Waals surface area contributed by atoms with Gasteiger partial charge >= 0.3 is 0 Å². The molecule has 1 saturated carbocycles. The van der Waals surface area contributed by atoms with E-state index in [-0.39, 0.29) is 17.7 Å². The maximum atomic E-state index is 13.8. The highest BCUT2D eigenvalue weighted by atomic mass is 16.2. The Kier molecular flexibility index (Phi) is 7.57. The van der Waals surface area contributed by atoms with Crippen LogP contribution < -0.4 is 5.32 Å². The molecule has 6 heteroatoms. The summed E-state index contributed by atoms with van der Waals surface area (Å²) < 4.78 is 0. The average Bonchev–Trinajstić information content (AvgIpc) is 3.68. The van der Waals surface area contributed by atoms with Crippen molar-refractivity contribution >= 4 is 11.8 Å². The number of carbonyl (C=O) groups excluding carboxylic acids is 2. The van der Waals surface area contributed by atoms with Gasteiger partial charge in [0.1, 0.15) is 5.54 Å². The predicted molar refractivity (Wildman–Crippen MR) is 144 cm³/mol.